The summed E-state index contributed by atoms with van der Waals surface area (Å²) in [5.41, 5.74) is -0.316. The maximum absolute atomic E-state index is 12.1. The zero-order valence-corrected chi connectivity index (χ0v) is 11.5. The van der Waals surface area contributed by atoms with E-state index in [1.807, 2.05) is 0 Å². The van der Waals surface area contributed by atoms with Crippen LogP contribution >= 0.6 is 11.6 Å². The van der Waals surface area contributed by atoms with E-state index in [2.05, 4.69) is 0 Å². The second kappa shape index (κ2) is 4.78. The van der Waals surface area contributed by atoms with Crippen molar-refractivity contribution in [3.63, 3.8) is 0 Å². The van der Waals surface area contributed by atoms with Crippen LogP contribution in [0.15, 0.2) is 24.3 Å². The molecular weight excluding hydrogens is 266 g/mol. The average molecular weight is 280 g/mol. The van der Waals surface area contributed by atoms with E-state index in [0.717, 1.165) is 4.90 Å². The van der Waals surface area contributed by atoms with Crippen molar-refractivity contribution in [1.29, 1.82) is 0 Å². The number of likely N-dealkylation sites (tertiary alicyclic amines) is 1. The SMILES string of the molecule is CC1(C)CC(=O)N(CC(=O)c2cccc(Cl)c2)C1=O. The lowest BCUT2D eigenvalue weighted by Crippen LogP contribution is -2.37. The number of ketones is 1. The van der Waals surface area contributed by atoms with E-state index in [1.54, 1.807) is 32.0 Å². The summed E-state index contributed by atoms with van der Waals surface area (Å²) >= 11 is 5.81. The van der Waals surface area contributed by atoms with E-state index in [9.17, 15) is 14.4 Å². The van der Waals surface area contributed by atoms with Crippen LogP contribution in [0.4, 0.5) is 0 Å². The highest BCUT2D eigenvalue weighted by molar-refractivity contribution is 6.31. The third-order valence-corrected chi connectivity index (χ3v) is 3.40. The fourth-order valence-corrected chi connectivity index (χ4v) is 2.27. The van der Waals surface area contributed by atoms with Gasteiger partial charge in [0.2, 0.25) is 11.8 Å². The summed E-state index contributed by atoms with van der Waals surface area (Å²) in [6, 6.07) is 6.46. The largest absolute Gasteiger partial charge is 0.292 e. The minimum Gasteiger partial charge on any atom is -0.292 e. The Labute approximate surface area is 116 Å². The van der Waals surface area contributed by atoms with Gasteiger partial charge in [-0.15, -0.1) is 0 Å². The monoisotopic (exact) mass is 279 g/mol. The molecule has 100 valence electrons. The molecule has 1 aliphatic rings. The molecule has 4 nitrogen and oxygen atoms in total. The smallest absolute Gasteiger partial charge is 0.235 e. The van der Waals surface area contributed by atoms with Gasteiger partial charge >= 0.3 is 0 Å². The molecule has 1 aliphatic heterocycles. The molecule has 1 aromatic carbocycles. The lowest BCUT2D eigenvalue weighted by Gasteiger charge is -2.17. The predicted octanol–water partition coefficient (Wildman–Crippen LogP) is 2.31. The van der Waals surface area contributed by atoms with E-state index in [0.29, 0.717) is 10.6 Å². The van der Waals surface area contributed by atoms with Gasteiger partial charge < -0.3 is 0 Å². The lowest BCUT2D eigenvalue weighted by molar-refractivity contribution is -0.140. The van der Waals surface area contributed by atoms with Crippen molar-refractivity contribution in [3.05, 3.63) is 34.9 Å². The van der Waals surface area contributed by atoms with Crippen LogP contribution in [0, 0.1) is 5.41 Å². The van der Waals surface area contributed by atoms with E-state index in [1.165, 1.54) is 6.07 Å². The van der Waals surface area contributed by atoms with Crippen molar-refractivity contribution in [1.82, 2.24) is 4.90 Å². The summed E-state index contributed by atoms with van der Waals surface area (Å²) in [6.45, 7) is 3.19. The van der Waals surface area contributed by atoms with Crippen LogP contribution in [0.25, 0.3) is 0 Å². The molecule has 0 aliphatic carbocycles. The molecule has 0 aromatic heterocycles. The molecule has 2 amide bonds. The van der Waals surface area contributed by atoms with E-state index < -0.39 is 5.41 Å². The van der Waals surface area contributed by atoms with Crippen LogP contribution in [-0.4, -0.2) is 29.0 Å². The Bertz CT molecular complexity index is 566. The van der Waals surface area contributed by atoms with Gasteiger partial charge in [0, 0.05) is 17.0 Å². The topological polar surface area (TPSA) is 54.5 Å². The van der Waals surface area contributed by atoms with Gasteiger partial charge in [-0.05, 0) is 12.1 Å². The molecule has 0 spiro atoms. The molecule has 0 saturated carbocycles. The van der Waals surface area contributed by atoms with Crippen molar-refractivity contribution >= 4 is 29.2 Å². The Morgan fingerprint density at radius 1 is 1.37 bits per heavy atom. The first-order valence-corrected chi connectivity index (χ1v) is 6.32. The normalized spacial score (nSPS) is 17.9. The number of nitrogens with zero attached hydrogens (tertiary/aromatic N) is 1. The fraction of sp³-hybridized carbons (Fsp3) is 0.357. The Kier molecular flexibility index (Phi) is 3.45. The van der Waals surface area contributed by atoms with Crippen molar-refractivity contribution in [2.75, 3.05) is 6.54 Å². The summed E-state index contributed by atoms with van der Waals surface area (Å²) in [7, 11) is 0. The molecule has 1 aromatic rings. The number of benzene rings is 1. The standard InChI is InChI=1S/C14H14ClNO3/c1-14(2)7-12(18)16(13(14)19)8-11(17)9-4-3-5-10(15)6-9/h3-6H,7-8H2,1-2H3. The van der Waals surface area contributed by atoms with Crippen molar-refractivity contribution in [2.45, 2.75) is 20.3 Å². The highest BCUT2D eigenvalue weighted by Gasteiger charge is 2.45. The zero-order valence-electron chi connectivity index (χ0n) is 10.8. The first-order chi connectivity index (χ1) is 8.81. The minimum atomic E-state index is -0.717. The van der Waals surface area contributed by atoms with Crippen LogP contribution in [0.2, 0.25) is 5.02 Å². The lowest BCUT2D eigenvalue weighted by atomic mass is 9.92. The maximum Gasteiger partial charge on any atom is 0.235 e. The average Bonchev–Trinajstić information content (AvgIpc) is 2.51. The van der Waals surface area contributed by atoms with Gasteiger partial charge in [-0.2, -0.15) is 0 Å². The summed E-state index contributed by atoms with van der Waals surface area (Å²) < 4.78 is 0. The quantitative estimate of drug-likeness (QED) is 0.630. The van der Waals surface area contributed by atoms with Crippen LogP contribution < -0.4 is 0 Å². The van der Waals surface area contributed by atoms with Gasteiger partial charge in [0.25, 0.3) is 0 Å². The molecule has 1 fully saturated rings. The number of halogens is 1. The molecule has 0 unspecified atom stereocenters. The molecule has 0 radical (unpaired) electrons. The van der Waals surface area contributed by atoms with E-state index >= 15 is 0 Å². The van der Waals surface area contributed by atoms with Crippen LogP contribution in [0.5, 0.6) is 0 Å². The van der Waals surface area contributed by atoms with Gasteiger partial charge in [0.1, 0.15) is 0 Å². The maximum atomic E-state index is 12.1. The minimum absolute atomic E-state index is 0.147. The summed E-state index contributed by atoms with van der Waals surface area (Å²) in [5, 5.41) is 0.449. The highest BCUT2D eigenvalue weighted by atomic mass is 35.5. The molecule has 0 N–H and O–H groups in total. The van der Waals surface area contributed by atoms with Crippen molar-refractivity contribution < 1.29 is 14.4 Å². The van der Waals surface area contributed by atoms with Gasteiger partial charge in [-0.3, -0.25) is 19.3 Å². The second-order valence-electron chi connectivity index (χ2n) is 5.28. The number of carbonyl (C=O) groups is 3. The number of hydrogen-bond donors (Lipinski definition) is 0. The van der Waals surface area contributed by atoms with Gasteiger partial charge in [-0.1, -0.05) is 37.6 Å². The molecular formula is C14H14ClNO3. The molecule has 5 heteroatoms. The first-order valence-electron chi connectivity index (χ1n) is 5.95. The van der Waals surface area contributed by atoms with Gasteiger partial charge in [0.15, 0.2) is 5.78 Å². The number of amides is 2. The Hall–Kier alpha value is -1.68. The van der Waals surface area contributed by atoms with E-state index in [4.69, 9.17) is 11.6 Å². The number of rotatable bonds is 3. The number of carbonyl (C=O) groups excluding carboxylic acids is 3. The molecule has 1 saturated heterocycles. The number of imide groups is 1. The van der Waals surface area contributed by atoms with E-state index in [-0.39, 0.29) is 30.6 Å². The summed E-state index contributed by atoms with van der Waals surface area (Å²) in [5.74, 6) is -0.889. The van der Waals surface area contributed by atoms with Crippen LogP contribution in [-0.2, 0) is 9.59 Å². The second-order valence-corrected chi connectivity index (χ2v) is 5.72. The third-order valence-electron chi connectivity index (χ3n) is 3.17. The Morgan fingerprint density at radius 2 is 2.05 bits per heavy atom. The summed E-state index contributed by atoms with van der Waals surface area (Å²) in [6.07, 6.45) is 0.147. The molecule has 0 bridgehead atoms. The van der Waals surface area contributed by atoms with Gasteiger partial charge in [0.05, 0.1) is 12.0 Å². The summed E-state index contributed by atoms with van der Waals surface area (Å²) in [4.78, 5) is 36.8. The third kappa shape index (κ3) is 2.68. The number of Topliss-reactive ketones (excluding diaryl/α,β-unsaturated/α-hetero) is 1. The van der Waals surface area contributed by atoms with Crippen LogP contribution in [0.3, 0.4) is 0 Å². The number of hydrogen-bond acceptors (Lipinski definition) is 3. The predicted molar refractivity (Wildman–Crippen MR) is 70.9 cm³/mol. The Balaban J connectivity index is 2.16. The molecule has 1 heterocycles. The van der Waals surface area contributed by atoms with Crippen molar-refractivity contribution in [2.24, 2.45) is 5.41 Å². The van der Waals surface area contributed by atoms with Crippen LogP contribution in [0.1, 0.15) is 30.6 Å². The van der Waals surface area contributed by atoms with Gasteiger partial charge in [-0.25, -0.2) is 0 Å². The zero-order chi connectivity index (χ0) is 14.2. The Morgan fingerprint density at radius 3 is 2.58 bits per heavy atom. The fourth-order valence-electron chi connectivity index (χ4n) is 2.08. The molecule has 0 atom stereocenters. The highest BCUT2D eigenvalue weighted by Crippen LogP contribution is 2.31. The molecule has 2 rings (SSSR count). The first kappa shape index (κ1) is 13.7. The molecule has 19 heavy (non-hydrogen) atoms. The van der Waals surface area contributed by atoms with Crippen molar-refractivity contribution in [3.8, 4) is 0 Å².